The third-order valence-electron chi connectivity index (χ3n) is 2.29. The van der Waals surface area contributed by atoms with Crippen LogP contribution in [0.1, 0.15) is 18.9 Å². The number of rotatable bonds is 5. The number of hydrogen-bond acceptors (Lipinski definition) is 4. The maximum atomic E-state index is 11.4. The van der Waals surface area contributed by atoms with Crippen molar-refractivity contribution in [2.45, 2.75) is 13.3 Å². The fourth-order valence-electron chi connectivity index (χ4n) is 1.38. The van der Waals surface area contributed by atoms with Crippen LogP contribution in [0.25, 0.3) is 6.08 Å². The number of nitro groups is 1. The molecule has 0 fully saturated rings. The number of carbonyl (C=O) groups excluding carboxylic acids is 1. The molecular formula is C12H11NO5. The lowest BCUT2D eigenvalue weighted by molar-refractivity contribution is -0.385. The zero-order chi connectivity index (χ0) is 13.7. The van der Waals surface area contributed by atoms with E-state index in [1.54, 1.807) is 0 Å². The number of nitrogens with zero attached hydrogens (tertiary/aromatic N) is 1. The van der Waals surface area contributed by atoms with Gasteiger partial charge < -0.3 is 5.11 Å². The molecule has 0 unspecified atom stereocenters. The Balaban J connectivity index is 3.33. The van der Waals surface area contributed by atoms with Crippen molar-refractivity contribution in [2.75, 3.05) is 0 Å². The van der Waals surface area contributed by atoms with Gasteiger partial charge in [-0.05, 0) is 12.1 Å². The molecule has 6 heteroatoms. The van der Waals surface area contributed by atoms with Crippen LogP contribution in [0.5, 0.6) is 0 Å². The predicted octanol–water partition coefficient (Wildman–Crippen LogP) is 2.04. The first kappa shape index (κ1) is 13.6. The lowest BCUT2D eigenvalue weighted by atomic mass is 10.0. The SMILES string of the molecule is CCC(=O)C(=Cc1ccccc1[N+](=O)[O-])C(=O)O. The summed E-state index contributed by atoms with van der Waals surface area (Å²) in [4.78, 5) is 32.5. The average molecular weight is 249 g/mol. The van der Waals surface area contributed by atoms with Gasteiger partial charge in [-0.15, -0.1) is 0 Å². The summed E-state index contributed by atoms with van der Waals surface area (Å²) < 4.78 is 0. The number of carbonyl (C=O) groups is 2. The second-order valence-corrected chi connectivity index (χ2v) is 3.46. The highest BCUT2D eigenvalue weighted by molar-refractivity contribution is 6.20. The van der Waals surface area contributed by atoms with Crippen LogP contribution in [0, 0.1) is 10.1 Å². The van der Waals surface area contributed by atoms with Gasteiger partial charge in [0.1, 0.15) is 5.57 Å². The van der Waals surface area contributed by atoms with Gasteiger partial charge in [-0.25, -0.2) is 4.79 Å². The molecule has 94 valence electrons. The quantitative estimate of drug-likeness (QED) is 0.283. The highest BCUT2D eigenvalue weighted by Crippen LogP contribution is 2.21. The molecular weight excluding hydrogens is 238 g/mol. The van der Waals surface area contributed by atoms with E-state index >= 15 is 0 Å². The largest absolute Gasteiger partial charge is 0.478 e. The van der Waals surface area contributed by atoms with E-state index in [4.69, 9.17) is 5.11 Å². The van der Waals surface area contributed by atoms with Crippen molar-refractivity contribution in [1.82, 2.24) is 0 Å². The number of para-hydroxylation sites is 1. The van der Waals surface area contributed by atoms with Crippen LogP contribution in [-0.4, -0.2) is 21.8 Å². The summed E-state index contributed by atoms with van der Waals surface area (Å²) in [6.45, 7) is 1.53. The van der Waals surface area contributed by atoms with E-state index in [1.807, 2.05) is 0 Å². The first-order valence-corrected chi connectivity index (χ1v) is 5.19. The summed E-state index contributed by atoms with van der Waals surface area (Å²) in [5.74, 6) is -1.96. The van der Waals surface area contributed by atoms with Crippen LogP contribution in [-0.2, 0) is 9.59 Å². The molecule has 1 N–H and O–H groups in total. The van der Waals surface area contributed by atoms with Gasteiger partial charge in [0.2, 0.25) is 0 Å². The Bertz CT molecular complexity index is 533. The smallest absolute Gasteiger partial charge is 0.339 e. The van der Waals surface area contributed by atoms with Gasteiger partial charge in [0, 0.05) is 12.5 Å². The Labute approximate surface area is 103 Å². The third kappa shape index (κ3) is 3.00. The first-order valence-electron chi connectivity index (χ1n) is 5.19. The monoisotopic (exact) mass is 249 g/mol. The maximum Gasteiger partial charge on any atom is 0.339 e. The highest BCUT2D eigenvalue weighted by Gasteiger charge is 2.18. The number of aliphatic carboxylic acids is 1. The first-order chi connectivity index (χ1) is 8.47. The molecule has 0 saturated heterocycles. The van der Waals surface area contributed by atoms with Crippen LogP contribution >= 0.6 is 0 Å². The number of Topliss-reactive ketones (excluding diaryl/α,β-unsaturated/α-hetero) is 1. The Morgan fingerprint density at radius 2 is 2.00 bits per heavy atom. The average Bonchev–Trinajstić information content (AvgIpc) is 2.34. The molecule has 0 aliphatic rings. The number of carboxylic acids is 1. The minimum absolute atomic E-state index is 0.0266. The molecule has 0 radical (unpaired) electrons. The van der Waals surface area contributed by atoms with Crippen LogP contribution in [0.4, 0.5) is 5.69 Å². The van der Waals surface area contributed by atoms with E-state index in [-0.39, 0.29) is 17.7 Å². The number of ketones is 1. The molecule has 0 aliphatic carbocycles. The lowest BCUT2D eigenvalue weighted by Crippen LogP contribution is -2.11. The zero-order valence-electron chi connectivity index (χ0n) is 9.62. The van der Waals surface area contributed by atoms with Gasteiger partial charge in [0.25, 0.3) is 5.69 Å². The van der Waals surface area contributed by atoms with Crippen molar-refractivity contribution in [2.24, 2.45) is 0 Å². The lowest BCUT2D eigenvalue weighted by Gasteiger charge is -2.00. The van der Waals surface area contributed by atoms with E-state index in [0.29, 0.717) is 0 Å². The molecule has 1 aromatic carbocycles. The Morgan fingerprint density at radius 3 is 2.50 bits per heavy atom. The Hall–Kier alpha value is -2.50. The minimum atomic E-state index is -1.39. The second-order valence-electron chi connectivity index (χ2n) is 3.46. The molecule has 6 nitrogen and oxygen atoms in total. The molecule has 0 aromatic heterocycles. The van der Waals surface area contributed by atoms with Crippen LogP contribution in [0.15, 0.2) is 29.8 Å². The molecule has 0 saturated carbocycles. The summed E-state index contributed by atoms with van der Waals surface area (Å²) in [5.41, 5.74) is -0.589. The summed E-state index contributed by atoms with van der Waals surface area (Å²) in [6.07, 6.45) is 1.06. The minimum Gasteiger partial charge on any atom is -0.478 e. The standard InChI is InChI=1S/C12H11NO5/c1-2-11(14)9(12(15)16)7-8-5-3-4-6-10(8)13(17)18/h3-7H,2H2,1H3,(H,15,16). The van der Waals surface area contributed by atoms with Gasteiger partial charge >= 0.3 is 5.97 Å². The van der Waals surface area contributed by atoms with Crippen molar-refractivity contribution in [3.05, 3.63) is 45.5 Å². The maximum absolute atomic E-state index is 11.4. The zero-order valence-corrected chi connectivity index (χ0v) is 9.62. The number of benzene rings is 1. The number of nitro benzene ring substituents is 1. The Morgan fingerprint density at radius 1 is 1.39 bits per heavy atom. The molecule has 0 spiro atoms. The van der Waals surface area contributed by atoms with E-state index < -0.39 is 22.2 Å². The van der Waals surface area contributed by atoms with E-state index in [2.05, 4.69) is 0 Å². The summed E-state index contributed by atoms with van der Waals surface area (Å²) >= 11 is 0. The van der Waals surface area contributed by atoms with Crippen molar-refractivity contribution in [1.29, 1.82) is 0 Å². The van der Waals surface area contributed by atoms with Crippen molar-refractivity contribution < 1.29 is 19.6 Å². The van der Waals surface area contributed by atoms with Crippen molar-refractivity contribution >= 4 is 23.5 Å². The van der Waals surface area contributed by atoms with Crippen LogP contribution < -0.4 is 0 Å². The summed E-state index contributed by atoms with van der Waals surface area (Å²) in [7, 11) is 0. The Kier molecular flexibility index (Phi) is 4.31. The molecule has 0 amide bonds. The fourth-order valence-corrected chi connectivity index (χ4v) is 1.38. The number of hydrogen-bond donors (Lipinski definition) is 1. The predicted molar refractivity (Wildman–Crippen MR) is 64.0 cm³/mol. The molecule has 0 atom stereocenters. The molecule has 0 aliphatic heterocycles. The highest BCUT2D eigenvalue weighted by atomic mass is 16.6. The normalized spacial score (nSPS) is 11.1. The van der Waals surface area contributed by atoms with Gasteiger partial charge in [-0.1, -0.05) is 19.1 Å². The molecule has 1 rings (SSSR count). The van der Waals surface area contributed by atoms with Crippen LogP contribution in [0.3, 0.4) is 0 Å². The third-order valence-corrected chi connectivity index (χ3v) is 2.29. The number of carboxylic acid groups (broad SMARTS) is 1. The summed E-state index contributed by atoms with van der Waals surface area (Å²) in [6, 6.07) is 5.65. The summed E-state index contributed by atoms with van der Waals surface area (Å²) in [5, 5.41) is 19.7. The second kappa shape index (κ2) is 5.72. The molecule has 0 heterocycles. The molecule has 1 aromatic rings. The van der Waals surface area contributed by atoms with Gasteiger partial charge in [-0.3, -0.25) is 14.9 Å². The van der Waals surface area contributed by atoms with Crippen LogP contribution in [0.2, 0.25) is 0 Å². The van der Waals surface area contributed by atoms with E-state index in [1.165, 1.54) is 31.2 Å². The van der Waals surface area contributed by atoms with Crippen molar-refractivity contribution in [3.63, 3.8) is 0 Å². The van der Waals surface area contributed by atoms with Gasteiger partial charge in [0.15, 0.2) is 5.78 Å². The molecule has 18 heavy (non-hydrogen) atoms. The molecule has 0 bridgehead atoms. The topological polar surface area (TPSA) is 97.5 Å². The van der Waals surface area contributed by atoms with Gasteiger partial charge in [0.05, 0.1) is 10.5 Å². The fraction of sp³-hybridized carbons (Fsp3) is 0.167. The van der Waals surface area contributed by atoms with E-state index in [0.717, 1.165) is 6.08 Å². The van der Waals surface area contributed by atoms with Gasteiger partial charge in [-0.2, -0.15) is 0 Å². The van der Waals surface area contributed by atoms with Crippen molar-refractivity contribution in [3.8, 4) is 0 Å². The van der Waals surface area contributed by atoms with E-state index in [9.17, 15) is 19.7 Å².